The summed E-state index contributed by atoms with van der Waals surface area (Å²) in [5.41, 5.74) is 0.365. The molecule has 1 aliphatic rings. The van der Waals surface area contributed by atoms with Gasteiger partial charge < -0.3 is 9.15 Å². The minimum absolute atomic E-state index is 0.0294. The van der Waals surface area contributed by atoms with Crippen molar-refractivity contribution in [2.24, 2.45) is 0 Å². The number of benzene rings is 1. The van der Waals surface area contributed by atoms with Crippen LogP contribution in [-0.2, 0) is 9.53 Å². The molecule has 2 heterocycles. The molecule has 0 atom stereocenters. The lowest BCUT2D eigenvalue weighted by Crippen LogP contribution is -1.90. The molecule has 21 heavy (non-hydrogen) atoms. The highest BCUT2D eigenvalue weighted by atomic mass is 16.6. The third-order valence-electron chi connectivity index (χ3n) is 2.88. The second kappa shape index (κ2) is 5.09. The van der Waals surface area contributed by atoms with Crippen molar-refractivity contribution in [2.45, 2.75) is 0 Å². The van der Waals surface area contributed by atoms with Gasteiger partial charge in [-0.05, 0) is 24.3 Å². The van der Waals surface area contributed by atoms with Crippen molar-refractivity contribution in [3.63, 3.8) is 0 Å². The van der Waals surface area contributed by atoms with E-state index in [1.165, 1.54) is 18.2 Å². The first-order valence-electron chi connectivity index (χ1n) is 6.09. The molecule has 0 N–H and O–H groups in total. The number of carbonyl (C=O) groups is 1. The summed E-state index contributed by atoms with van der Waals surface area (Å²) >= 11 is 0. The van der Waals surface area contributed by atoms with Crippen LogP contribution in [0.15, 0.2) is 58.7 Å². The first-order chi connectivity index (χ1) is 10.1. The van der Waals surface area contributed by atoms with E-state index in [4.69, 9.17) is 9.15 Å². The predicted octanol–water partition coefficient (Wildman–Crippen LogP) is 3.31. The molecule has 0 saturated carbocycles. The minimum Gasteiger partial charge on any atom is -0.456 e. The Morgan fingerprint density at radius 2 is 1.90 bits per heavy atom. The zero-order chi connectivity index (χ0) is 14.8. The van der Waals surface area contributed by atoms with Crippen LogP contribution in [0.25, 0.3) is 17.4 Å². The summed E-state index contributed by atoms with van der Waals surface area (Å²) < 4.78 is 10.4. The molecule has 2 aromatic rings. The Balaban J connectivity index is 1.94. The maximum atomic E-state index is 11.0. The quantitative estimate of drug-likeness (QED) is 0.490. The van der Waals surface area contributed by atoms with E-state index in [1.807, 2.05) is 0 Å². The third kappa shape index (κ3) is 2.59. The average molecular weight is 283 g/mol. The minimum atomic E-state index is -0.461. The summed E-state index contributed by atoms with van der Waals surface area (Å²) in [4.78, 5) is 21.5. The standard InChI is InChI=1S/C15H9NO5/c17-15-8-6-11(21-15)9-10-5-7-14(20-10)12-3-1-2-4-13(12)16(18)19/h1-9H/b11-9+. The Hall–Kier alpha value is -3.15. The number of nitrogens with zero attached hydrogens (tertiary/aromatic N) is 1. The van der Waals surface area contributed by atoms with Crippen LogP contribution in [0.4, 0.5) is 5.69 Å². The van der Waals surface area contributed by atoms with Gasteiger partial charge in [0, 0.05) is 18.2 Å². The molecule has 0 unspecified atom stereocenters. The second-order valence-electron chi connectivity index (χ2n) is 4.28. The van der Waals surface area contributed by atoms with Gasteiger partial charge in [-0.25, -0.2) is 4.79 Å². The smallest absolute Gasteiger partial charge is 0.336 e. The number of carbonyl (C=O) groups excluding carboxylic acids is 1. The molecule has 0 spiro atoms. The average Bonchev–Trinajstić information content (AvgIpc) is 3.08. The van der Waals surface area contributed by atoms with Crippen molar-refractivity contribution in [1.82, 2.24) is 0 Å². The molecule has 0 amide bonds. The van der Waals surface area contributed by atoms with Crippen molar-refractivity contribution in [3.05, 3.63) is 70.2 Å². The fourth-order valence-corrected chi connectivity index (χ4v) is 1.97. The first kappa shape index (κ1) is 12.9. The summed E-state index contributed by atoms with van der Waals surface area (Å²) in [6, 6.07) is 9.61. The summed E-state index contributed by atoms with van der Waals surface area (Å²) in [5.74, 6) is 0.746. The van der Waals surface area contributed by atoms with Crippen molar-refractivity contribution < 1.29 is 18.9 Å². The maximum Gasteiger partial charge on any atom is 0.336 e. The fourth-order valence-electron chi connectivity index (χ4n) is 1.97. The topological polar surface area (TPSA) is 82.6 Å². The van der Waals surface area contributed by atoms with Gasteiger partial charge in [0.05, 0.1) is 10.5 Å². The number of para-hydroxylation sites is 1. The number of hydrogen-bond donors (Lipinski definition) is 0. The number of ether oxygens (including phenoxy) is 1. The highest BCUT2D eigenvalue weighted by Gasteiger charge is 2.17. The molecule has 3 rings (SSSR count). The van der Waals surface area contributed by atoms with E-state index < -0.39 is 10.9 Å². The molecule has 0 saturated heterocycles. The number of nitro benzene ring substituents is 1. The van der Waals surface area contributed by atoms with E-state index in [-0.39, 0.29) is 5.69 Å². The van der Waals surface area contributed by atoms with Crippen molar-refractivity contribution >= 4 is 17.7 Å². The normalized spacial score (nSPS) is 15.4. The van der Waals surface area contributed by atoms with Gasteiger partial charge >= 0.3 is 5.97 Å². The highest BCUT2D eigenvalue weighted by molar-refractivity contribution is 5.87. The van der Waals surface area contributed by atoms with Crippen LogP contribution >= 0.6 is 0 Å². The molecule has 1 aromatic carbocycles. The molecule has 0 fully saturated rings. The number of rotatable bonds is 3. The second-order valence-corrected chi connectivity index (χ2v) is 4.28. The fraction of sp³-hybridized carbons (Fsp3) is 0. The molecule has 1 aromatic heterocycles. The number of furan rings is 1. The Bertz CT molecular complexity index is 785. The lowest BCUT2D eigenvalue weighted by molar-refractivity contribution is -0.384. The van der Waals surface area contributed by atoms with E-state index in [1.54, 1.807) is 36.4 Å². The van der Waals surface area contributed by atoms with E-state index >= 15 is 0 Å². The van der Waals surface area contributed by atoms with Gasteiger partial charge in [0.2, 0.25) is 0 Å². The Morgan fingerprint density at radius 1 is 1.10 bits per heavy atom. The lowest BCUT2D eigenvalue weighted by Gasteiger charge is -1.98. The molecule has 0 radical (unpaired) electrons. The largest absolute Gasteiger partial charge is 0.456 e. The van der Waals surface area contributed by atoms with Gasteiger partial charge in [-0.1, -0.05) is 12.1 Å². The Morgan fingerprint density at radius 3 is 2.62 bits per heavy atom. The Kier molecular flexibility index (Phi) is 3.12. The number of cyclic esters (lactones) is 1. The van der Waals surface area contributed by atoms with Crippen molar-refractivity contribution in [2.75, 3.05) is 0 Å². The Labute approximate surface area is 119 Å². The van der Waals surface area contributed by atoms with Crippen molar-refractivity contribution in [1.29, 1.82) is 0 Å². The number of allylic oxidation sites excluding steroid dienone is 1. The number of nitro groups is 1. The summed E-state index contributed by atoms with van der Waals surface area (Å²) in [6.45, 7) is 0. The van der Waals surface area contributed by atoms with E-state index in [2.05, 4.69) is 0 Å². The zero-order valence-electron chi connectivity index (χ0n) is 10.7. The SMILES string of the molecule is O=C1C=C/C(=C\c2ccc(-c3ccccc3[N+](=O)[O-])o2)O1. The monoisotopic (exact) mass is 283 g/mol. The van der Waals surface area contributed by atoms with Crippen LogP contribution in [0, 0.1) is 10.1 Å². The number of hydrogen-bond acceptors (Lipinski definition) is 5. The molecule has 0 bridgehead atoms. The van der Waals surface area contributed by atoms with E-state index in [0.29, 0.717) is 22.8 Å². The highest BCUT2D eigenvalue weighted by Crippen LogP contribution is 2.31. The predicted molar refractivity (Wildman–Crippen MR) is 74.0 cm³/mol. The van der Waals surface area contributed by atoms with E-state index in [9.17, 15) is 14.9 Å². The van der Waals surface area contributed by atoms with Gasteiger partial charge in [0.15, 0.2) is 0 Å². The number of esters is 1. The molecule has 0 aliphatic carbocycles. The lowest BCUT2D eigenvalue weighted by atomic mass is 10.1. The molecule has 6 nitrogen and oxygen atoms in total. The van der Waals surface area contributed by atoms with Gasteiger partial charge in [0.1, 0.15) is 17.3 Å². The van der Waals surface area contributed by atoms with Crippen molar-refractivity contribution in [3.8, 4) is 11.3 Å². The van der Waals surface area contributed by atoms with Gasteiger partial charge in [-0.15, -0.1) is 0 Å². The summed E-state index contributed by atoms with van der Waals surface area (Å²) in [6.07, 6.45) is 4.37. The third-order valence-corrected chi connectivity index (χ3v) is 2.88. The van der Waals surface area contributed by atoms with Gasteiger partial charge in [-0.3, -0.25) is 10.1 Å². The molecular weight excluding hydrogens is 274 g/mol. The van der Waals surface area contributed by atoms with Gasteiger partial charge in [0.25, 0.3) is 5.69 Å². The maximum absolute atomic E-state index is 11.0. The summed E-state index contributed by atoms with van der Waals surface area (Å²) in [7, 11) is 0. The van der Waals surface area contributed by atoms with Crippen LogP contribution in [0.2, 0.25) is 0 Å². The molecule has 104 valence electrons. The first-order valence-corrected chi connectivity index (χ1v) is 6.09. The van der Waals surface area contributed by atoms with Crippen LogP contribution in [0.3, 0.4) is 0 Å². The molecule has 6 heteroatoms. The van der Waals surface area contributed by atoms with Crippen LogP contribution in [0.1, 0.15) is 5.76 Å². The molecular formula is C15H9NO5. The van der Waals surface area contributed by atoms with Gasteiger partial charge in [-0.2, -0.15) is 0 Å². The van der Waals surface area contributed by atoms with Crippen LogP contribution < -0.4 is 0 Å². The van der Waals surface area contributed by atoms with Crippen LogP contribution in [0.5, 0.6) is 0 Å². The van der Waals surface area contributed by atoms with Crippen LogP contribution in [-0.4, -0.2) is 10.9 Å². The zero-order valence-corrected chi connectivity index (χ0v) is 10.7. The molecule has 1 aliphatic heterocycles. The summed E-state index contributed by atoms with van der Waals surface area (Å²) in [5, 5.41) is 11.0. The van der Waals surface area contributed by atoms with E-state index in [0.717, 1.165) is 0 Å².